The molecule has 0 amide bonds. The van der Waals surface area contributed by atoms with Crippen LogP contribution in [0.5, 0.6) is 0 Å². The maximum atomic E-state index is 11.8. The number of ketones is 1. The minimum Gasteiger partial charge on any atom is -0.481 e. The van der Waals surface area contributed by atoms with E-state index in [1.165, 1.54) is 5.56 Å². The number of carboxylic acids is 1. The molecule has 0 aromatic heterocycles. The number of Topliss-reactive ketones (excluding diaryl/α,β-unsaturated/α-hetero) is 1. The molecule has 0 spiro atoms. The Labute approximate surface area is 101 Å². The molecule has 0 aliphatic rings. The Morgan fingerprint density at radius 3 is 2.24 bits per heavy atom. The first-order chi connectivity index (χ1) is 8.02. The lowest BCUT2D eigenvalue weighted by Gasteiger charge is -2.07. The summed E-state index contributed by atoms with van der Waals surface area (Å²) in [7, 11) is 0. The van der Waals surface area contributed by atoms with Crippen LogP contribution in [0.4, 0.5) is 0 Å². The van der Waals surface area contributed by atoms with Crippen LogP contribution in [0.15, 0.2) is 24.3 Å². The Kier molecular flexibility index (Phi) is 4.88. The molecular formula is C14H18O3. The van der Waals surface area contributed by atoms with Crippen molar-refractivity contribution in [1.29, 1.82) is 0 Å². The second-order valence-electron chi connectivity index (χ2n) is 4.38. The third kappa shape index (κ3) is 4.39. The fourth-order valence-corrected chi connectivity index (χ4v) is 1.73. The van der Waals surface area contributed by atoms with E-state index in [0.29, 0.717) is 5.56 Å². The summed E-state index contributed by atoms with van der Waals surface area (Å²) in [5, 5.41) is 8.62. The van der Waals surface area contributed by atoms with Crippen LogP contribution in [-0.2, 0) is 11.2 Å². The lowest BCUT2D eigenvalue weighted by Crippen LogP contribution is -2.10. The summed E-state index contributed by atoms with van der Waals surface area (Å²) in [4.78, 5) is 22.3. The number of carbonyl (C=O) groups is 2. The SMILES string of the molecule is CCc1ccc(C(=O)CC(C)CC(=O)O)cc1. The summed E-state index contributed by atoms with van der Waals surface area (Å²) in [5.41, 5.74) is 1.86. The smallest absolute Gasteiger partial charge is 0.303 e. The average molecular weight is 234 g/mol. The van der Waals surface area contributed by atoms with Gasteiger partial charge in [0.1, 0.15) is 0 Å². The highest BCUT2D eigenvalue weighted by molar-refractivity contribution is 5.96. The van der Waals surface area contributed by atoms with Crippen molar-refractivity contribution in [3.05, 3.63) is 35.4 Å². The molecule has 1 rings (SSSR count). The van der Waals surface area contributed by atoms with Gasteiger partial charge in [0.15, 0.2) is 5.78 Å². The number of carbonyl (C=O) groups excluding carboxylic acids is 1. The van der Waals surface area contributed by atoms with Crippen molar-refractivity contribution in [3.8, 4) is 0 Å². The summed E-state index contributed by atoms with van der Waals surface area (Å²) in [6.07, 6.45) is 1.28. The molecule has 1 unspecified atom stereocenters. The fourth-order valence-electron chi connectivity index (χ4n) is 1.73. The van der Waals surface area contributed by atoms with E-state index in [-0.39, 0.29) is 24.5 Å². The van der Waals surface area contributed by atoms with Crippen LogP contribution in [-0.4, -0.2) is 16.9 Å². The summed E-state index contributed by atoms with van der Waals surface area (Å²) < 4.78 is 0. The van der Waals surface area contributed by atoms with E-state index in [4.69, 9.17) is 5.11 Å². The first-order valence-electron chi connectivity index (χ1n) is 5.86. The molecule has 0 saturated heterocycles. The standard InChI is InChI=1S/C14H18O3/c1-3-11-4-6-12(7-5-11)13(15)8-10(2)9-14(16)17/h4-7,10H,3,8-9H2,1-2H3,(H,16,17). The number of hydrogen-bond acceptors (Lipinski definition) is 2. The molecule has 0 fully saturated rings. The van der Waals surface area contributed by atoms with Gasteiger partial charge in [-0.3, -0.25) is 9.59 Å². The number of carboxylic acid groups (broad SMARTS) is 1. The highest BCUT2D eigenvalue weighted by Gasteiger charge is 2.13. The molecule has 1 atom stereocenters. The van der Waals surface area contributed by atoms with Gasteiger partial charge in [-0.15, -0.1) is 0 Å². The quantitative estimate of drug-likeness (QED) is 0.770. The molecule has 1 aromatic rings. The van der Waals surface area contributed by atoms with Crippen molar-refractivity contribution in [2.75, 3.05) is 0 Å². The maximum absolute atomic E-state index is 11.8. The van der Waals surface area contributed by atoms with E-state index >= 15 is 0 Å². The van der Waals surface area contributed by atoms with E-state index < -0.39 is 5.97 Å². The van der Waals surface area contributed by atoms with E-state index in [0.717, 1.165) is 6.42 Å². The number of aryl methyl sites for hydroxylation is 1. The lowest BCUT2D eigenvalue weighted by molar-refractivity contribution is -0.137. The first kappa shape index (κ1) is 13.4. The van der Waals surface area contributed by atoms with E-state index in [1.807, 2.05) is 24.3 Å². The fraction of sp³-hybridized carbons (Fsp3) is 0.429. The molecular weight excluding hydrogens is 216 g/mol. The largest absolute Gasteiger partial charge is 0.481 e. The van der Waals surface area contributed by atoms with Crippen LogP contribution in [0.1, 0.15) is 42.6 Å². The third-order valence-electron chi connectivity index (χ3n) is 2.74. The van der Waals surface area contributed by atoms with Gasteiger partial charge < -0.3 is 5.11 Å². The highest BCUT2D eigenvalue weighted by atomic mass is 16.4. The molecule has 3 heteroatoms. The summed E-state index contributed by atoms with van der Waals surface area (Å²) >= 11 is 0. The van der Waals surface area contributed by atoms with Crippen LogP contribution in [0.25, 0.3) is 0 Å². The number of aliphatic carboxylic acids is 1. The van der Waals surface area contributed by atoms with Crippen molar-refractivity contribution >= 4 is 11.8 Å². The Morgan fingerprint density at radius 2 is 1.76 bits per heavy atom. The van der Waals surface area contributed by atoms with Crippen LogP contribution in [0, 0.1) is 5.92 Å². The molecule has 0 saturated carbocycles. The molecule has 0 heterocycles. The average Bonchev–Trinajstić information content (AvgIpc) is 2.28. The zero-order chi connectivity index (χ0) is 12.8. The van der Waals surface area contributed by atoms with Crippen molar-refractivity contribution in [2.45, 2.75) is 33.1 Å². The van der Waals surface area contributed by atoms with Crippen LogP contribution < -0.4 is 0 Å². The molecule has 0 radical (unpaired) electrons. The van der Waals surface area contributed by atoms with Crippen molar-refractivity contribution in [1.82, 2.24) is 0 Å². The normalized spacial score (nSPS) is 12.1. The van der Waals surface area contributed by atoms with Gasteiger partial charge in [0.05, 0.1) is 0 Å². The zero-order valence-electron chi connectivity index (χ0n) is 10.3. The summed E-state index contributed by atoms with van der Waals surface area (Å²) in [6, 6.07) is 7.51. The van der Waals surface area contributed by atoms with Gasteiger partial charge >= 0.3 is 5.97 Å². The summed E-state index contributed by atoms with van der Waals surface area (Å²) in [6.45, 7) is 3.85. The van der Waals surface area contributed by atoms with Crippen molar-refractivity contribution < 1.29 is 14.7 Å². The minimum atomic E-state index is -0.855. The second kappa shape index (κ2) is 6.18. The van der Waals surface area contributed by atoms with Gasteiger partial charge in [-0.2, -0.15) is 0 Å². The highest BCUT2D eigenvalue weighted by Crippen LogP contribution is 2.14. The van der Waals surface area contributed by atoms with Gasteiger partial charge in [-0.1, -0.05) is 38.1 Å². The van der Waals surface area contributed by atoms with Gasteiger partial charge in [0.25, 0.3) is 0 Å². The number of rotatable bonds is 6. The molecule has 0 aliphatic heterocycles. The van der Waals surface area contributed by atoms with Gasteiger partial charge in [-0.05, 0) is 17.9 Å². The van der Waals surface area contributed by atoms with Crippen LogP contribution >= 0.6 is 0 Å². The predicted octanol–water partition coefficient (Wildman–Crippen LogP) is 2.93. The Hall–Kier alpha value is -1.64. The molecule has 3 nitrogen and oxygen atoms in total. The molecule has 0 bridgehead atoms. The monoisotopic (exact) mass is 234 g/mol. The predicted molar refractivity (Wildman–Crippen MR) is 66.2 cm³/mol. The van der Waals surface area contributed by atoms with E-state index in [1.54, 1.807) is 6.92 Å². The number of hydrogen-bond donors (Lipinski definition) is 1. The van der Waals surface area contributed by atoms with E-state index in [9.17, 15) is 9.59 Å². The van der Waals surface area contributed by atoms with Gasteiger partial charge in [-0.25, -0.2) is 0 Å². The number of benzene rings is 1. The molecule has 92 valence electrons. The van der Waals surface area contributed by atoms with Crippen molar-refractivity contribution in [2.24, 2.45) is 5.92 Å². The Balaban J connectivity index is 2.60. The first-order valence-corrected chi connectivity index (χ1v) is 5.86. The Bertz CT molecular complexity index is 392. The molecule has 0 aliphatic carbocycles. The zero-order valence-corrected chi connectivity index (χ0v) is 10.3. The van der Waals surface area contributed by atoms with Crippen LogP contribution in [0.2, 0.25) is 0 Å². The Morgan fingerprint density at radius 1 is 1.18 bits per heavy atom. The van der Waals surface area contributed by atoms with E-state index in [2.05, 4.69) is 6.92 Å². The van der Waals surface area contributed by atoms with Crippen molar-refractivity contribution in [3.63, 3.8) is 0 Å². The second-order valence-corrected chi connectivity index (χ2v) is 4.38. The van der Waals surface area contributed by atoms with Crippen LogP contribution in [0.3, 0.4) is 0 Å². The minimum absolute atomic E-state index is 0.0152. The lowest BCUT2D eigenvalue weighted by atomic mass is 9.96. The molecule has 1 N–H and O–H groups in total. The molecule has 1 aromatic carbocycles. The maximum Gasteiger partial charge on any atom is 0.303 e. The molecule has 17 heavy (non-hydrogen) atoms. The van der Waals surface area contributed by atoms with Gasteiger partial charge in [0, 0.05) is 18.4 Å². The summed E-state index contributed by atoms with van der Waals surface area (Å²) in [5.74, 6) is -0.959. The topological polar surface area (TPSA) is 54.4 Å². The third-order valence-corrected chi connectivity index (χ3v) is 2.74. The van der Waals surface area contributed by atoms with Gasteiger partial charge in [0.2, 0.25) is 0 Å².